The van der Waals surface area contributed by atoms with Crippen LogP contribution in [0.25, 0.3) is 0 Å². The van der Waals surface area contributed by atoms with Gasteiger partial charge in [0.05, 0.1) is 6.67 Å². The molecule has 0 heterocycles. The Bertz CT molecular complexity index is 229. The highest BCUT2D eigenvalue weighted by Gasteiger charge is 2.32. The maximum Gasteiger partial charge on any atom is 0.0925 e. The van der Waals surface area contributed by atoms with Crippen LogP contribution >= 0.6 is 0 Å². The fraction of sp³-hybridized carbons (Fsp3) is 0.714. The molecule has 0 saturated heterocycles. The van der Waals surface area contributed by atoms with Crippen molar-refractivity contribution in [2.45, 2.75) is 33.1 Å². The summed E-state index contributed by atoms with van der Waals surface area (Å²) in [4.78, 5) is 0. The van der Waals surface area contributed by atoms with E-state index in [-0.39, 0.29) is 12.6 Å². The quantitative estimate of drug-likeness (QED) is 0.604. The van der Waals surface area contributed by atoms with Crippen molar-refractivity contribution in [2.24, 2.45) is 23.7 Å². The summed E-state index contributed by atoms with van der Waals surface area (Å²) in [5.74, 6) is 1.87. The number of halogens is 1. The Labute approximate surface area is 93.3 Å². The van der Waals surface area contributed by atoms with Gasteiger partial charge in [0.25, 0.3) is 0 Å². The van der Waals surface area contributed by atoms with Crippen LogP contribution in [0.5, 0.6) is 0 Å². The number of alkyl halides is 1. The van der Waals surface area contributed by atoms with Gasteiger partial charge in [-0.15, -0.1) is 0 Å². The van der Waals surface area contributed by atoms with Crippen LogP contribution in [0, 0.1) is 23.7 Å². The standard InChI is InChI=1S/C14H23F/c1-5-11(4)12-6-7-14(10(2)3)13(8-12)9-15/h5,10,12-14H,1,4,6-9H2,2-3H3. The van der Waals surface area contributed by atoms with Crippen LogP contribution in [0.3, 0.4) is 0 Å². The van der Waals surface area contributed by atoms with E-state index in [0.29, 0.717) is 17.8 Å². The monoisotopic (exact) mass is 210 g/mol. The summed E-state index contributed by atoms with van der Waals surface area (Å²) < 4.78 is 13.0. The smallest absolute Gasteiger partial charge is 0.0925 e. The maximum atomic E-state index is 13.0. The molecule has 0 bridgehead atoms. The third-order valence-corrected chi connectivity index (χ3v) is 3.88. The van der Waals surface area contributed by atoms with Crippen molar-refractivity contribution in [3.63, 3.8) is 0 Å². The number of hydrogen-bond acceptors (Lipinski definition) is 0. The van der Waals surface area contributed by atoms with Crippen LogP contribution < -0.4 is 0 Å². The minimum Gasteiger partial charge on any atom is -0.251 e. The first-order valence-corrected chi connectivity index (χ1v) is 5.97. The summed E-state index contributed by atoms with van der Waals surface area (Å²) >= 11 is 0. The summed E-state index contributed by atoms with van der Waals surface area (Å²) in [7, 11) is 0. The Hall–Kier alpha value is -0.590. The van der Waals surface area contributed by atoms with Crippen molar-refractivity contribution >= 4 is 0 Å². The summed E-state index contributed by atoms with van der Waals surface area (Å²) in [5.41, 5.74) is 1.09. The Balaban J connectivity index is 2.62. The molecule has 1 fully saturated rings. The van der Waals surface area contributed by atoms with Gasteiger partial charge in [-0.2, -0.15) is 0 Å². The van der Waals surface area contributed by atoms with Crippen LogP contribution in [0.1, 0.15) is 33.1 Å². The molecule has 0 aromatic carbocycles. The molecule has 0 spiro atoms. The molecule has 1 rings (SSSR count). The van der Waals surface area contributed by atoms with Crippen molar-refractivity contribution in [3.8, 4) is 0 Å². The van der Waals surface area contributed by atoms with Gasteiger partial charge in [0.1, 0.15) is 0 Å². The molecule has 1 saturated carbocycles. The predicted octanol–water partition coefficient (Wildman–Crippen LogP) is 4.39. The SMILES string of the molecule is C=CC(=C)C1CCC(C(C)C)C(CF)C1. The largest absolute Gasteiger partial charge is 0.251 e. The summed E-state index contributed by atoms with van der Waals surface area (Å²) in [6, 6.07) is 0. The van der Waals surface area contributed by atoms with Gasteiger partial charge in [0.2, 0.25) is 0 Å². The second kappa shape index (κ2) is 5.48. The molecule has 0 aliphatic heterocycles. The lowest BCUT2D eigenvalue weighted by molar-refractivity contribution is 0.125. The first-order valence-electron chi connectivity index (χ1n) is 5.97. The average Bonchev–Trinajstić information content (AvgIpc) is 2.26. The first-order chi connectivity index (χ1) is 7.10. The highest BCUT2D eigenvalue weighted by molar-refractivity contribution is 5.16. The van der Waals surface area contributed by atoms with Crippen molar-refractivity contribution in [3.05, 3.63) is 24.8 Å². The van der Waals surface area contributed by atoms with Crippen molar-refractivity contribution in [1.82, 2.24) is 0 Å². The van der Waals surface area contributed by atoms with Gasteiger partial charge in [-0.1, -0.05) is 38.7 Å². The van der Waals surface area contributed by atoms with Crippen molar-refractivity contribution in [1.29, 1.82) is 0 Å². The van der Waals surface area contributed by atoms with E-state index in [1.54, 1.807) is 0 Å². The van der Waals surface area contributed by atoms with Gasteiger partial charge in [-0.05, 0) is 42.9 Å². The zero-order chi connectivity index (χ0) is 11.4. The summed E-state index contributed by atoms with van der Waals surface area (Å²) in [6.45, 7) is 12.0. The van der Waals surface area contributed by atoms with E-state index in [2.05, 4.69) is 27.0 Å². The van der Waals surface area contributed by atoms with Crippen LogP contribution in [-0.2, 0) is 0 Å². The number of hydrogen-bond donors (Lipinski definition) is 0. The predicted molar refractivity (Wildman–Crippen MR) is 64.5 cm³/mol. The lowest BCUT2D eigenvalue weighted by Gasteiger charge is -2.37. The fourth-order valence-electron chi connectivity index (χ4n) is 2.85. The molecule has 15 heavy (non-hydrogen) atoms. The number of allylic oxidation sites excluding steroid dienone is 2. The first kappa shape index (κ1) is 12.5. The summed E-state index contributed by atoms with van der Waals surface area (Å²) in [6.07, 6.45) is 5.09. The van der Waals surface area contributed by atoms with E-state index in [1.165, 1.54) is 0 Å². The molecular formula is C14H23F. The molecule has 0 aromatic rings. The van der Waals surface area contributed by atoms with E-state index in [0.717, 1.165) is 24.8 Å². The van der Waals surface area contributed by atoms with Gasteiger partial charge >= 0.3 is 0 Å². The highest BCUT2D eigenvalue weighted by atomic mass is 19.1. The Morgan fingerprint density at radius 1 is 1.47 bits per heavy atom. The molecule has 0 N–H and O–H groups in total. The van der Waals surface area contributed by atoms with Gasteiger partial charge in [-0.25, -0.2) is 0 Å². The molecule has 0 nitrogen and oxygen atoms in total. The minimum absolute atomic E-state index is 0.177. The molecule has 3 unspecified atom stereocenters. The van der Waals surface area contributed by atoms with Gasteiger partial charge in [0, 0.05) is 0 Å². The van der Waals surface area contributed by atoms with Crippen molar-refractivity contribution in [2.75, 3.05) is 6.67 Å². The van der Waals surface area contributed by atoms with E-state index in [4.69, 9.17) is 0 Å². The molecule has 0 aromatic heterocycles. The Morgan fingerprint density at radius 3 is 2.60 bits per heavy atom. The van der Waals surface area contributed by atoms with Gasteiger partial charge in [0.15, 0.2) is 0 Å². The fourth-order valence-corrected chi connectivity index (χ4v) is 2.85. The normalized spacial score (nSPS) is 31.6. The van der Waals surface area contributed by atoms with Crippen LogP contribution in [0.15, 0.2) is 24.8 Å². The zero-order valence-electron chi connectivity index (χ0n) is 10.0. The maximum absolute atomic E-state index is 13.0. The second-order valence-corrected chi connectivity index (χ2v) is 5.11. The van der Waals surface area contributed by atoms with E-state index < -0.39 is 0 Å². The molecule has 1 aliphatic carbocycles. The third-order valence-electron chi connectivity index (χ3n) is 3.88. The van der Waals surface area contributed by atoms with E-state index in [1.807, 2.05) is 6.08 Å². The second-order valence-electron chi connectivity index (χ2n) is 5.11. The van der Waals surface area contributed by atoms with Crippen LogP contribution in [0.4, 0.5) is 4.39 Å². The molecule has 1 heteroatoms. The molecule has 3 atom stereocenters. The molecule has 0 amide bonds. The third kappa shape index (κ3) is 2.93. The van der Waals surface area contributed by atoms with Crippen LogP contribution in [-0.4, -0.2) is 6.67 Å². The summed E-state index contributed by atoms with van der Waals surface area (Å²) in [5, 5.41) is 0. The zero-order valence-corrected chi connectivity index (χ0v) is 10.0. The number of rotatable bonds is 4. The van der Waals surface area contributed by atoms with E-state index >= 15 is 0 Å². The van der Waals surface area contributed by atoms with Gasteiger partial charge < -0.3 is 0 Å². The Kier molecular flexibility index (Phi) is 4.56. The van der Waals surface area contributed by atoms with Crippen LogP contribution in [0.2, 0.25) is 0 Å². The molecule has 0 radical (unpaired) electrons. The van der Waals surface area contributed by atoms with Gasteiger partial charge in [-0.3, -0.25) is 4.39 Å². The topological polar surface area (TPSA) is 0 Å². The highest BCUT2D eigenvalue weighted by Crippen LogP contribution is 2.40. The lowest BCUT2D eigenvalue weighted by Crippen LogP contribution is -2.30. The lowest BCUT2D eigenvalue weighted by atomic mass is 9.68. The molecule has 1 aliphatic rings. The average molecular weight is 210 g/mol. The molecular weight excluding hydrogens is 187 g/mol. The molecule has 86 valence electrons. The Morgan fingerprint density at radius 2 is 2.13 bits per heavy atom. The van der Waals surface area contributed by atoms with E-state index in [9.17, 15) is 4.39 Å². The minimum atomic E-state index is -0.177. The van der Waals surface area contributed by atoms with Crippen molar-refractivity contribution < 1.29 is 4.39 Å².